The van der Waals surface area contributed by atoms with Gasteiger partial charge in [0.1, 0.15) is 0 Å². The van der Waals surface area contributed by atoms with Crippen LogP contribution < -0.4 is 9.62 Å². The fourth-order valence-electron chi connectivity index (χ4n) is 3.39. The number of carbonyl (C=O) groups is 1. The van der Waals surface area contributed by atoms with E-state index < -0.39 is 10.0 Å². The second-order valence-electron chi connectivity index (χ2n) is 7.93. The number of nitrogens with zero attached hydrogens (tertiary/aromatic N) is 3. The van der Waals surface area contributed by atoms with Crippen molar-refractivity contribution in [1.29, 1.82) is 0 Å². The summed E-state index contributed by atoms with van der Waals surface area (Å²) in [6, 6.07) is 16.3. The van der Waals surface area contributed by atoms with E-state index in [0.717, 1.165) is 21.6 Å². The summed E-state index contributed by atoms with van der Waals surface area (Å²) in [5.41, 5.74) is 3.70. The summed E-state index contributed by atoms with van der Waals surface area (Å²) < 4.78 is 31.6. The summed E-state index contributed by atoms with van der Waals surface area (Å²) >= 11 is 1.50. The number of nitrogens with one attached hydrogen (secondary N) is 1. The lowest BCUT2D eigenvalue weighted by molar-refractivity contribution is 0.0946. The van der Waals surface area contributed by atoms with Crippen LogP contribution in [0.2, 0.25) is 0 Å². The van der Waals surface area contributed by atoms with E-state index >= 15 is 0 Å². The number of carbonyl (C=O) groups excluding carboxylic acids is 1. The molecule has 8 nitrogen and oxygen atoms in total. The molecule has 2 aromatic heterocycles. The highest BCUT2D eigenvalue weighted by molar-refractivity contribution is 7.92. The van der Waals surface area contributed by atoms with Gasteiger partial charge in [-0.1, -0.05) is 35.5 Å². The molecule has 0 saturated carbocycles. The van der Waals surface area contributed by atoms with Gasteiger partial charge in [-0.05, 0) is 60.2 Å². The van der Waals surface area contributed by atoms with Gasteiger partial charge in [0.25, 0.3) is 5.91 Å². The van der Waals surface area contributed by atoms with Crippen LogP contribution >= 0.6 is 11.3 Å². The van der Waals surface area contributed by atoms with Crippen molar-refractivity contribution in [2.45, 2.75) is 26.9 Å². The number of aromatic nitrogens is 2. The molecule has 4 aromatic rings. The molecule has 34 heavy (non-hydrogen) atoms. The number of aryl methyl sites for hydroxylation is 2. The molecule has 2 heterocycles. The maximum absolute atomic E-state index is 12.5. The lowest BCUT2D eigenvalue weighted by Gasteiger charge is -2.25. The van der Waals surface area contributed by atoms with Crippen molar-refractivity contribution in [2.24, 2.45) is 0 Å². The maximum atomic E-state index is 12.5. The maximum Gasteiger partial charge on any atom is 0.251 e. The van der Waals surface area contributed by atoms with Gasteiger partial charge in [-0.15, -0.1) is 11.3 Å². The molecular weight excluding hydrogens is 472 g/mol. The lowest BCUT2D eigenvalue weighted by Crippen LogP contribution is -2.30. The third-order valence-corrected chi connectivity index (χ3v) is 7.18. The average molecular weight is 497 g/mol. The number of amides is 1. The van der Waals surface area contributed by atoms with Gasteiger partial charge >= 0.3 is 0 Å². The Hall–Kier alpha value is -3.50. The molecule has 10 heteroatoms. The van der Waals surface area contributed by atoms with Crippen molar-refractivity contribution in [3.63, 3.8) is 0 Å². The summed E-state index contributed by atoms with van der Waals surface area (Å²) in [7, 11) is -3.50. The van der Waals surface area contributed by atoms with Gasteiger partial charge in [0.05, 0.1) is 29.9 Å². The Morgan fingerprint density at radius 2 is 1.88 bits per heavy atom. The van der Waals surface area contributed by atoms with E-state index in [1.165, 1.54) is 21.9 Å². The van der Waals surface area contributed by atoms with Crippen LogP contribution in [0, 0.1) is 13.8 Å². The summed E-state index contributed by atoms with van der Waals surface area (Å²) in [4.78, 5) is 17.7. The zero-order valence-electron chi connectivity index (χ0n) is 19.0. The van der Waals surface area contributed by atoms with Crippen molar-refractivity contribution in [3.8, 4) is 10.7 Å². The van der Waals surface area contributed by atoms with E-state index in [0.29, 0.717) is 23.0 Å². The van der Waals surface area contributed by atoms with Crippen LogP contribution in [0.5, 0.6) is 0 Å². The van der Waals surface area contributed by atoms with Crippen molar-refractivity contribution >= 4 is 33.0 Å². The monoisotopic (exact) mass is 496 g/mol. The quantitative estimate of drug-likeness (QED) is 0.390. The number of thiophene rings is 1. The molecule has 0 aliphatic rings. The molecule has 0 aliphatic carbocycles. The van der Waals surface area contributed by atoms with Gasteiger partial charge in [-0.2, -0.15) is 4.98 Å². The van der Waals surface area contributed by atoms with Crippen molar-refractivity contribution < 1.29 is 17.7 Å². The molecule has 0 aliphatic heterocycles. The first-order valence-electron chi connectivity index (χ1n) is 10.5. The normalized spacial score (nSPS) is 11.4. The van der Waals surface area contributed by atoms with Gasteiger partial charge in [-0.25, -0.2) is 8.42 Å². The summed E-state index contributed by atoms with van der Waals surface area (Å²) in [5.74, 6) is 0.505. The standard InChI is InChI=1S/C24H24N4O4S2/c1-16-6-7-17(2)20(13-16)28(34(3,30)31)15-18-8-10-19(11-9-18)24(29)25-14-22-26-23(27-32-22)21-5-4-12-33-21/h4-13H,14-15H2,1-3H3,(H,25,29). The summed E-state index contributed by atoms with van der Waals surface area (Å²) in [5, 5.41) is 8.61. The van der Waals surface area contributed by atoms with Crippen LogP contribution in [0.4, 0.5) is 5.69 Å². The first-order valence-corrected chi connectivity index (χ1v) is 13.2. The predicted octanol–water partition coefficient (Wildman–Crippen LogP) is 4.31. The first-order chi connectivity index (χ1) is 16.2. The van der Waals surface area contributed by atoms with Crippen LogP contribution in [0.3, 0.4) is 0 Å². The minimum absolute atomic E-state index is 0.105. The molecule has 0 saturated heterocycles. The number of hydrogen-bond acceptors (Lipinski definition) is 7. The predicted molar refractivity (Wildman–Crippen MR) is 132 cm³/mol. The molecule has 176 valence electrons. The average Bonchev–Trinajstić information content (AvgIpc) is 3.49. The molecule has 0 bridgehead atoms. The highest BCUT2D eigenvalue weighted by Gasteiger charge is 2.20. The topological polar surface area (TPSA) is 105 Å². The summed E-state index contributed by atoms with van der Waals surface area (Å²) in [6.07, 6.45) is 1.19. The number of anilines is 1. The zero-order chi connectivity index (χ0) is 24.3. The summed E-state index contributed by atoms with van der Waals surface area (Å²) in [6.45, 7) is 4.08. The second kappa shape index (κ2) is 9.78. The highest BCUT2D eigenvalue weighted by atomic mass is 32.2. The van der Waals surface area contributed by atoms with Gasteiger partial charge in [0.15, 0.2) is 0 Å². The van der Waals surface area contributed by atoms with Crippen LogP contribution in [-0.2, 0) is 23.1 Å². The molecule has 0 radical (unpaired) electrons. The fraction of sp³-hybridized carbons (Fsp3) is 0.208. The van der Waals surface area contributed by atoms with E-state index in [-0.39, 0.29) is 19.0 Å². The number of hydrogen-bond donors (Lipinski definition) is 1. The van der Waals surface area contributed by atoms with Crippen LogP contribution in [0.25, 0.3) is 10.7 Å². The van der Waals surface area contributed by atoms with Gasteiger partial charge < -0.3 is 9.84 Å². The zero-order valence-corrected chi connectivity index (χ0v) is 20.6. The van der Waals surface area contributed by atoms with E-state index in [1.807, 2.05) is 49.6 Å². The molecule has 4 rings (SSSR count). The number of rotatable bonds is 8. The molecule has 1 amide bonds. The molecule has 0 spiro atoms. The van der Waals surface area contributed by atoms with Crippen LogP contribution in [-0.4, -0.2) is 30.7 Å². The van der Waals surface area contributed by atoms with E-state index in [9.17, 15) is 13.2 Å². The van der Waals surface area contributed by atoms with Gasteiger partial charge in [0, 0.05) is 5.56 Å². The molecule has 2 aromatic carbocycles. The van der Waals surface area contributed by atoms with Gasteiger partial charge in [0.2, 0.25) is 21.7 Å². The Balaban J connectivity index is 1.42. The second-order valence-corrected chi connectivity index (χ2v) is 10.8. The Kier molecular flexibility index (Phi) is 6.80. The smallest absolute Gasteiger partial charge is 0.251 e. The third kappa shape index (κ3) is 5.52. The Labute approximate surface area is 202 Å². The highest BCUT2D eigenvalue weighted by Crippen LogP contribution is 2.26. The van der Waals surface area contributed by atoms with Crippen LogP contribution in [0.1, 0.15) is 32.9 Å². The third-order valence-electron chi connectivity index (χ3n) is 5.19. The minimum atomic E-state index is -3.50. The lowest BCUT2D eigenvalue weighted by atomic mass is 10.1. The van der Waals surface area contributed by atoms with Crippen molar-refractivity contribution in [3.05, 3.63) is 88.1 Å². The van der Waals surface area contributed by atoms with E-state index in [2.05, 4.69) is 15.5 Å². The van der Waals surface area contributed by atoms with E-state index in [4.69, 9.17) is 4.52 Å². The molecule has 1 N–H and O–H groups in total. The van der Waals surface area contributed by atoms with Crippen LogP contribution in [0.15, 0.2) is 64.5 Å². The van der Waals surface area contributed by atoms with Crippen molar-refractivity contribution in [2.75, 3.05) is 10.6 Å². The van der Waals surface area contributed by atoms with E-state index in [1.54, 1.807) is 24.3 Å². The Morgan fingerprint density at radius 1 is 1.12 bits per heavy atom. The van der Waals surface area contributed by atoms with Gasteiger partial charge in [-0.3, -0.25) is 9.10 Å². The Bertz CT molecular complexity index is 1400. The fourth-order valence-corrected chi connectivity index (χ4v) is 4.97. The largest absolute Gasteiger partial charge is 0.343 e. The number of benzene rings is 2. The van der Waals surface area contributed by atoms with Crippen molar-refractivity contribution in [1.82, 2.24) is 15.5 Å². The number of sulfonamides is 1. The molecule has 0 atom stereocenters. The Morgan fingerprint density at radius 3 is 2.56 bits per heavy atom. The molecular formula is C24H24N4O4S2. The molecule has 0 fully saturated rings. The SMILES string of the molecule is Cc1ccc(C)c(N(Cc2ccc(C(=O)NCc3nc(-c4cccs4)no3)cc2)S(C)(=O)=O)c1. The minimum Gasteiger partial charge on any atom is -0.343 e. The molecule has 0 unspecified atom stereocenters. The first kappa shape index (κ1) is 23.7.